The summed E-state index contributed by atoms with van der Waals surface area (Å²) in [4.78, 5) is 0. The van der Waals surface area contributed by atoms with Gasteiger partial charge in [-0.15, -0.1) is 0 Å². The van der Waals surface area contributed by atoms with Crippen LogP contribution < -0.4 is 0 Å². The molecule has 0 radical (unpaired) electrons. The summed E-state index contributed by atoms with van der Waals surface area (Å²) in [7, 11) is 1.64. The molecule has 0 N–H and O–H groups in total. The van der Waals surface area contributed by atoms with Gasteiger partial charge in [0.25, 0.3) is 0 Å². The molecule has 2 aliphatic rings. The second kappa shape index (κ2) is 3.70. The second-order valence-corrected chi connectivity index (χ2v) is 5.01. The number of rotatable bonds is 2. The van der Waals surface area contributed by atoms with Crippen LogP contribution >= 0.6 is 0 Å². The second-order valence-electron chi connectivity index (χ2n) is 5.01. The van der Waals surface area contributed by atoms with E-state index in [9.17, 15) is 0 Å². The van der Waals surface area contributed by atoms with E-state index in [1.807, 2.05) is 13.8 Å². The first kappa shape index (κ1) is 11.3. The summed E-state index contributed by atoms with van der Waals surface area (Å²) in [6.45, 7) is 8.09. The molecule has 2 heterocycles. The molecule has 0 saturated carbocycles. The van der Waals surface area contributed by atoms with Gasteiger partial charge in [0, 0.05) is 7.11 Å². The highest BCUT2D eigenvalue weighted by Gasteiger charge is 2.56. The predicted molar refractivity (Wildman–Crippen MR) is 54.3 cm³/mol. The molecular formula is C11H20O4. The van der Waals surface area contributed by atoms with Crippen molar-refractivity contribution in [2.24, 2.45) is 5.92 Å². The maximum absolute atomic E-state index is 5.85. The van der Waals surface area contributed by atoms with Crippen LogP contribution in [0.5, 0.6) is 0 Å². The van der Waals surface area contributed by atoms with E-state index in [2.05, 4.69) is 13.8 Å². The number of fused-ring (bicyclic) bond motifs is 1. The fraction of sp³-hybridized carbons (Fsp3) is 1.00. The summed E-state index contributed by atoms with van der Waals surface area (Å²) >= 11 is 0. The van der Waals surface area contributed by atoms with Crippen molar-refractivity contribution < 1.29 is 18.9 Å². The highest BCUT2D eigenvalue weighted by atomic mass is 16.8. The summed E-state index contributed by atoms with van der Waals surface area (Å²) in [5.41, 5.74) is 0. The van der Waals surface area contributed by atoms with Gasteiger partial charge in [0.2, 0.25) is 0 Å². The first-order valence-electron chi connectivity index (χ1n) is 5.48. The van der Waals surface area contributed by atoms with Gasteiger partial charge < -0.3 is 18.9 Å². The van der Waals surface area contributed by atoms with Gasteiger partial charge in [0.1, 0.15) is 12.2 Å². The molecule has 4 atom stereocenters. The Balaban J connectivity index is 2.15. The summed E-state index contributed by atoms with van der Waals surface area (Å²) in [6, 6.07) is 0. The topological polar surface area (TPSA) is 36.9 Å². The van der Waals surface area contributed by atoms with E-state index in [1.165, 1.54) is 0 Å². The smallest absolute Gasteiger partial charge is 0.186 e. The van der Waals surface area contributed by atoms with Crippen molar-refractivity contribution in [2.75, 3.05) is 7.11 Å². The minimum absolute atomic E-state index is 0.00931. The van der Waals surface area contributed by atoms with E-state index < -0.39 is 5.79 Å². The van der Waals surface area contributed by atoms with E-state index in [0.29, 0.717) is 5.92 Å². The summed E-state index contributed by atoms with van der Waals surface area (Å²) in [5.74, 6) is -0.126. The third-order valence-electron chi connectivity index (χ3n) is 2.94. The quantitative estimate of drug-likeness (QED) is 0.701. The van der Waals surface area contributed by atoms with Crippen LogP contribution in [0.2, 0.25) is 0 Å². The molecule has 15 heavy (non-hydrogen) atoms. The van der Waals surface area contributed by atoms with Gasteiger partial charge in [-0.25, -0.2) is 0 Å². The average Bonchev–Trinajstić information content (AvgIpc) is 2.57. The molecule has 0 aromatic rings. The fourth-order valence-electron chi connectivity index (χ4n) is 2.32. The van der Waals surface area contributed by atoms with Gasteiger partial charge in [0.05, 0.1) is 6.10 Å². The van der Waals surface area contributed by atoms with Gasteiger partial charge in [-0.2, -0.15) is 0 Å². The van der Waals surface area contributed by atoms with Gasteiger partial charge in [-0.1, -0.05) is 13.8 Å². The average molecular weight is 216 g/mol. The zero-order valence-electron chi connectivity index (χ0n) is 10.0. The number of hydrogen-bond acceptors (Lipinski definition) is 4. The molecule has 0 aromatic carbocycles. The van der Waals surface area contributed by atoms with E-state index in [4.69, 9.17) is 18.9 Å². The molecule has 1 unspecified atom stereocenters. The number of ether oxygens (including phenoxy) is 4. The lowest BCUT2D eigenvalue weighted by molar-refractivity contribution is -0.231. The van der Waals surface area contributed by atoms with Crippen molar-refractivity contribution in [3.05, 3.63) is 0 Å². The lowest BCUT2D eigenvalue weighted by Crippen LogP contribution is -2.33. The molecular weight excluding hydrogens is 196 g/mol. The molecule has 2 rings (SSSR count). The van der Waals surface area contributed by atoms with E-state index in [1.54, 1.807) is 7.11 Å². The molecule has 4 nitrogen and oxygen atoms in total. The Hall–Kier alpha value is -0.160. The van der Waals surface area contributed by atoms with Crippen molar-refractivity contribution in [3.8, 4) is 0 Å². The van der Waals surface area contributed by atoms with E-state index in [0.717, 1.165) is 0 Å². The van der Waals surface area contributed by atoms with Crippen LogP contribution in [0.1, 0.15) is 27.7 Å². The Morgan fingerprint density at radius 2 is 1.73 bits per heavy atom. The minimum Gasteiger partial charge on any atom is -0.353 e. The lowest BCUT2D eigenvalue weighted by atomic mass is 10.0. The van der Waals surface area contributed by atoms with Crippen LogP contribution in [0.4, 0.5) is 0 Å². The van der Waals surface area contributed by atoms with Crippen molar-refractivity contribution in [3.63, 3.8) is 0 Å². The zero-order valence-corrected chi connectivity index (χ0v) is 10.0. The Kier molecular flexibility index (Phi) is 2.79. The fourth-order valence-corrected chi connectivity index (χ4v) is 2.32. The molecule has 0 amide bonds. The van der Waals surface area contributed by atoms with Crippen LogP contribution in [0, 0.1) is 5.92 Å². The highest BCUT2D eigenvalue weighted by molar-refractivity contribution is 4.95. The lowest BCUT2D eigenvalue weighted by Gasteiger charge is -2.25. The number of methoxy groups -OCH3 is 1. The SMILES string of the molecule is COC1O[C@H](C(C)C)[C@H]2OC(C)(C)O[C@@H]12. The van der Waals surface area contributed by atoms with Crippen molar-refractivity contribution in [1.29, 1.82) is 0 Å². The van der Waals surface area contributed by atoms with Gasteiger partial charge in [-0.3, -0.25) is 0 Å². The monoisotopic (exact) mass is 216 g/mol. The van der Waals surface area contributed by atoms with Crippen LogP contribution in [0.3, 0.4) is 0 Å². The van der Waals surface area contributed by atoms with Crippen LogP contribution in [-0.2, 0) is 18.9 Å². The first-order chi connectivity index (χ1) is 6.94. The Morgan fingerprint density at radius 1 is 1.13 bits per heavy atom. The highest BCUT2D eigenvalue weighted by Crippen LogP contribution is 2.40. The minimum atomic E-state index is -0.525. The van der Waals surface area contributed by atoms with Crippen molar-refractivity contribution >= 4 is 0 Å². The third kappa shape index (κ3) is 1.91. The standard InChI is InChI=1S/C11H20O4/c1-6(2)7-8-9(10(12-5)13-7)15-11(3,4)14-8/h6-10H,1-5H3/t7-,8-,9-,10?/m1/s1. The first-order valence-corrected chi connectivity index (χ1v) is 5.48. The Labute approximate surface area is 90.8 Å². The molecule has 2 fully saturated rings. The van der Waals surface area contributed by atoms with Gasteiger partial charge in [0.15, 0.2) is 12.1 Å². The third-order valence-corrected chi connectivity index (χ3v) is 2.94. The van der Waals surface area contributed by atoms with Gasteiger partial charge in [-0.05, 0) is 19.8 Å². The molecule has 2 saturated heterocycles. The molecule has 0 aliphatic carbocycles. The Morgan fingerprint density at radius 3 is 2.27 bits per heavy atom. The van der Waals surface area contributed by atoms with Crippen LogP contribution in [-0.4, -0.2) is 37.5 Å². The van der Waals surface area contributed by atoms with Crippen LogP contribution in [0.15, 0.2) is 0 Å². The van der Waals surface area contributed by atoms with E-state index in [-0.39, 0.29) is 24.6 Å². The largest absolute Gasteiger partial charge is 0.353 e. The molecule has 2 aliphatic heterocycles. The molecule has 0 spiro atoms. The molecule has 0 bridgehead atoms. The summed E-state index contributed by atoms with van der Waals surface area (Å²) in [5, 5.41) is 0. The predicted octanol–water partition coefficient (Wildman–Crippen LogP) is 1.53. The Bertz CT molecular complexity index is 239. The van der Waals surface area contributed by atoms with Gasteiger partial charge >= 0.3 is 0 Å². The maximum Gasteiger partial charge on any atom is 0.186 e. The number of hydrogen-bond donors (Lipinski definition) is 0. The summed E-state index contributed by atoms with van der Waals surface area (Å²) < 4.78 is 22.7. The normalized spacial score (nSPS) is 43.6. The molecule has 0 aromatic heterocycles. The molecule has 88 valence electrons. The zero-order chi connectivity index (χ0) is 11.2. The maximum atomic E-state index is 5.85. The van der Waals surface area contributed by atoms with Crippen molar-refractivity contribution in [1.82, 2.24) is 0 Å². The van der Waals surface area contributed by atoms with E-state index >= 15 is 0 Å². The van der Waals surface area contributed by atoms with Crippen LogP contribution in [0.25, 0.3) is 0 Å². The molecule has 4 heteroatoms. The van der Waals surface area contributed by atoms with Crippen molar-refractivity contribution in [2.45, 2.75) is 58.1 Å². The summed E-state index contributed by atoms with van der Waals surface area (Å²) in [6.07, 6.45) is -0.353.